The van der Waals surface area contributed by atoms with Gasteiger partial charge in [-0.25, -0.2) is 9.36 Å². The fraction of sp³-hybridized carbons (Fsp3) is 0.346. The third kappa shape index (κ3) is 22.9. The zero-order valence-electron chi connectivity index (χ0n) is 19.7. The van der Waals surface area contributed by atoms with Gasteiger partial charge in [-0.05, 0) is 89.8 Å². The number of phosphoric ester groups is 1. The van der Waals surface area contributed by atoms with Crippen molar-refractivity contribution in [3.05, 3.63) is 0 Å². The van der Waals surface area contributed by atoms with E-state index in [0.29, 0.717) is 11.0 Å². The van der Waals surface area contributed by atoms with E-state index >= 15 is 0 Å². The summed E-state index contributed by atoms with van der Waals surface area (Å²) >= 11 is 0. The molecule has 0 spiro atoms. The smallest absolute Gasteiger partial charge is 0.453 e. The Kier molecular flexibility index (Phi) is 16.3. The molecule has 0 aromatic rings. The summed E-state index contributed by atoms with van der Waals surface area (Å²) in [5, 5.41) is 9.69. The molecule has 0 aromatic heterocycles. The van der Waals surface area contributed by atoms with Gasteiger partial charge in [0, 0.05) is 5.92 Å². The van der Waals surface area contributed by atoms with Crippen molar-refractivity contribution in [2.24, 2.45) is 0 Å². The number of nitrogens with zero attached hydrogens (tertiary/aromatic N) is 1. The number of rotatable bonds is 9. The van der Waals surface area contributed by atoms with Crippen LogP contribution in [0.15, 0.2) is 0 Å². The number of aliphatic hydroxyl groups is 1. The van der Waals surface area contributed by atoms with Gasteiger partial charge in [0.2, 0.25) is 0 Å². The summed E-state index contributed by atoms with van der Waals surface area (Å²) in [5.41, 5.74) is 0. The highest BCUT2D eigenvalue weighted by Crippen LogP contribution is 2.43. The van der Waals surface area contributed by atoms with Gasteiger partial charge in [0.1, 0.15) is 25.9 Å². The third-order valence-electron chi connectivity index (χ3n) is 2.96. The van der Waals surface area contributed by atoms with E-state index in [4.69, 9.17) is 4.52 Å². The summed E-state index contributed by atoms with van der Waals surface area (Å²) in [6.45, 7) is 1.06. The average Bonchev–Trinajstić information content (AvgIpc) is 2.78. The van der Waals surface area contributed by atoms with E-state index in [1.54, 1.807) is 6.92 Å². The van der Waals surface area contributed by atoms with Crippen molar-refractivity contribution in [1.29, 1.82) is 0 Å². The number of esters is 1. The lowest BCUT2D eigenvalue weighted by Gasteiger charge is -2.24. The van der Waals surface area contributed by atoms with E-state index in [1.165, 1.54) is 0 Å². The molecule has 0 bridgehead atoms. The first-order valence-electron chi connectivity index (χ1n) is 9.75. The molecule has 0 heterocycles. The SMILES string of the molecule is CC#CC#CC#CC#CC#CC#CC#CC#CC(=O)OCC(O)COP(=O)(O)OCC[N+](C)(C)C. The lowest BCUT2D eigenvalue weighted by Crippen LogP contribution is -2.37. The van der Waals surface area contributed by atoms with Gasteiger partial charge >= 0.3 is 13.8 Å². The standard InChI is InChI=1S/C26H22NO7P/c1-5-6-7-8-9-10-11-12-13-14-15-16-17-18-19-20-26(29)32-23-25(28)24-34-35(30,31)33-22-21-27(2,3)4/h25,28H,21-24H2,1-4H3/p+1. The molecule has 2 atom stereocenters. The fourth-order valence-corrected chi connectivity index (χ4v) is 2.17. The molecule has 8 nitrogen and oxygen atoms in total. The molecular formula is C26H23NO7P+. The Labute approximate surface area is 206 Å². The minimum absolute atomic E-state index is 0.00880. The first-order chi connectivity index (χ1) is 16.6. The molecule has 0 rings (SSSR count). The van der Waals surface area contributed by atoms with Crippen LogP contribution < -0.4 is 0 Å². The van der Waals surface area contributed by atoms with Crippen molar-refractivity contribution in [2.45, 2.75) is 13.0 Å². The Morgan fingerprint density at radius 1 is 0.800 bits per heavy atom. The van der Waals surface area contributed by atoms with Crippen molar-refractivity contribution in [1.82, 2.24) is 0 Å². The van der Waals surface area contributed by atoms with Crippen LogP contribution in [-0.2, 0) is 23.1 Å². The van der Waals surface area contributed by atoms with Crippen molar-refractivity contribution >= 4 is 13.8 Å². The topological polar surface area (TPSA) is 102 Å². The van der Waals surface area contributed by atoms with Gasteiger partial charge < -0.3 is 19.2 Å². The Hall–Kier alpha value is -4.02. The van der Waals surface area contributed by atoms with Crippen molar-refractivity contribution in [2.75, 3.05) is 47.5 Å². The third-order valence-corrected chi connectivity index (χ3v) is 3.94. The number of carbonyl (C=O) groups excluding carboxylic acids is 1. The highest BCUT2D eigenvalue weighted by atomic mass is 31.2. The lowest BCUT2D eigenvalue weighted by atomic mass is 10.4. The molecule has 0 aliphatic rings. The molecule has 2 unspecified atom stereocenters. The van der Waals surface area contributed by atoms with E-state index in [-0.39, 0.29) is 6.61 Å². The Bertz CT molecular complexity index is 1300. The number of likely N-dealkylation sites (N-methyl/N-ethyl adjacent to an activating group) is 1. The average molecular weight is 492 g/mol. The van der Waals surface area contributed by atoms with Crippen molar-refractivity contribution in [3.63, 3.8) is 0 Å². The molecule has 0 saturated heterocycles. The lowest BCUT2D eigenvalue weighted by molar-refractivity contribution is -0.870. The zero-order chi connectivity index (χ0) is 26.4. The maximum Gasteiger partial charge on any atom is 0.472 e. The Morgan fingerprint density at radius 3 is 1.71 bits per heavy atom. The van der Waals surface area contributed by atoms with Gasteiger partial charge in [0.15, 0.2) is 0 Å². The van der Waals surface area contributed by atoms with Crippen LogP contribution in [0.4, 0.5) is 0 Å². The fourth-order valence-electron chi connectivity index (χ4n) is 1.42. The number of hydrogen-bond acceptors (Lipinski definition) is 6. The van der Waals surface area contributed by atoms with Crippen LogP contribution in [0.25, 0.3) is 0 Å². The van der Waals surface area contributed by atoms with E-state index in [0.717, 1.165) is 0 Å². The summed E-state index contributed by atoms with van der Waals surface area (Å²) in [7, 11) is 1.34. The molecule has 0 aliphatic heterocycles. The molecule has 0 aromatic carbocycles. The van der Waals surface area contributed by atoms with Crippen LogP contribution in [0, 0.1) is 94.7 Å². The van der Waals surface area contributed by atoms with Crippen LogP contribution in [0.3, 0.4) is 0 Å². The molecule has 0 aliphatic carbocycles. The maximum absolute atomic E-state index is 11.7. The molecule has 9 heteroatoms. The second kappa shape index (κ2) is 18.4. The van der Waals surface area contributed by atoms with Crippen LogP contribution in [0.1, 0.15) is 6.92 Å². The number of aliphatic hydroxyl groups excluding tert-OH is 1. The molecule has 0 fully saturated rings. The number of hydrogen-bond donors (Lipinski definition) is 2. The quantitative estimate of drug-likeness (QED) is 0.151. The van der Waals surface area contributed by atoms with Crippen LogP contribution in [0.5, 0.6) is 0 Å². The van der Waals surface area contributed by atoms with Crippen molar-refractivity contribution < 1.29 is 37.6 Å². The minimum atomic E-state index is -4.33. The van der Waals surface area contributed by atoms with Gasteiger partial charge in [-0.2, -0.15) is 0 Å². The number of phosphoric acid groups is 1. The van der Waals surface area contributed by atoms with E-state index in [9.17, 15) is 19.4 Å². The molecule has 0 radical (unpaired) electrons. The highest BCUT2D eigenvalue weighted by Gasteiger charge is 2.24. The summed E-state index contributed by atoms with van der Waals surface area (Å²) in [6.07, 6.45) is -1.35. The van der Waals surface area contributed by atoms with Gasteiger partial charge in [0.05, 0.1) is 27.7 Å². The summed E-state index contributed by atoms with van der Waals surface area (Å²) in [4.78, 5) is 21.0. The summed E-state index contributed by atoms with van der Waals surface area (Å²) in [5.74, 6) is 37.6. The first kappa shape index (κ1) is 31.0. The number of quaternary nitrogens is 1. The van der Waals surface area contributed by atoms with E-state index in [1.807, 2.05) is 21.1 Å². The van der Waals surface area contributed by atoms with Gasteiger partial charge in [-0.3, -0.25) is 9.05 Å². The van der Waals surface area contributed by atoms with Crippen molar-refractivity contribution in [3.8, 4) is 94.7 Å². The Morgan fingerprint density at radius 2 is 1.26 bits per heavy atom. The predicted octanol–water partition coefficient (Wildman–Crippen LogP) is -0.223. The minimum Gasteiger partial charge on any atom is -0.453 e. The van der Waals surface area contributed by atoms with Gasteiger partial charge in [-0.1, -0.05) is 5.92 Å². The predicted molar refractivity (Wildman–Crippen MR) is 129 cm³/mol. The van der Waals surface area contributed by atoms with Crippen LogP contribution in [-0.4, -0.2) is 74.1 Å². The maximum atomic E-state index is 11.7. The molecule has 0 amide bonds. The highest BCUT2D eigenvalue weighted by molar-refractivity contribution is 7.47. The van der Waals surface area contributed by atoms with Crippen LogP contribution >= 0.6 is 7.82 Å². The largest absolute Gasteiger partial charge is 0.472 e. The second-order valence-corrected chi connectivity index (χ2v) is 8.44. The van der Waals surface area contributed by atoms with Gasteiger partial charge in [0.25, 0.3) is 0 Å². The zero-order valence-corrected chi connectivity index (χ0v) is 20.6. The van der Waals surface area contributed by atoms with Gasteiger partial charge in [-0.15, -0.1) is 0 Å². The van der Waals surface area contributed by atoms with E-state index in [2.05, 4.69) is 104 Å². The second-order valence-electron chi connectivity index (χ2n) is 6.99. The monoisotopic (exact) mass is 492 g/mol. The molecule has 0 saturated carbocycles. The number of carbonyl (C=O) groups is 1. The van der Waals surface area contributed by atoms with E-state index < -0.39 is 33.1 Å². The summed E-state index contributed by atoms with van der Waals surface area (Å²) in [6, 6.07) is 0. The Balaban J connectivity index is 4.33. The first-order valence-corrected chi connectivity index (χ1v) is 11.3. The molecule has 35 heavy (non-hydrogen) atoms. The molecule has 2 N–H and O–H groups in total. The summed E-state index contributed by atoms with van der Waals surface area (Å²) < 4.78 is 26.4. The molecule has 178 valence electrons. The molecular weight excluding hydrogens is 469 g/mol. The number of ether oxygens (including phenoxy) is 1. The van der Waals surface area contributed by atoms with Crippen LogP contribution in [0.2, 0.25) is 0 Å². The normalized spacial score (nSPS) is 10.9.